The maximum Gasteiger partial charge on any atom is 0.191 e. The number of pyridine rings is 1. The number of aliphatic imine (C=N–C) groups is 1. The Balaban J connectivity index is 1.42. The molecule has 1 aromatic heterocycles. The number of nitrogens with zero attached hydrogens (tertiary/aromatic N) is 3. The number of aromatic nitrogens is 1. The van der Waals surface area contributed by atoms with Crippen molar-refractivity contribution in [1.29, 1.82) is 0 Å². The van der Waals surface area contributed by atoms with Crippen LogP contribution in [0.15, 0.2) is 29.4 Å². The molecule has 2 atom stereocenters. The number of nitrogens with one attached hydrogen (secondary N) is 2. The third-order valence-electron chi connectivity index (χ3n) is 6.09. The van der Waals surface area contributed by atoms with Gasteiger partial charge < -0.3 is 15.4 Å². The molecule has 0 amide bonds. The minimum absolute atomic E-state index is 0.171. The first-order chi connectivity index (χ1) is 14.0. The number of hydrogen-bond acceptors (Lipinski definition) is 4. The van der Waals surface area contributed by atoms with Gasteiger partial charge in [-0.05, 0) is 43.2 Å². The largest absolute Gasteiger partial charge is 0.377 e. The molecule has 0 bridgehead atoms. The van der Waals surface area contributed by atoms with Gasteiger partial charge in [-0.1, -0.05) is 26.8 Å². The standard InChI is InChI=1S/C23H39N5O/c1-23(2,3)21-18(8-7-15-29-21)16-26-22(24-4)27-19-10-13-28(14-11-19)17-20-9-5-6-12-25-20/h5-6,9,12,18-19,21H,7-8,10-11,13-17H2,1-4H3,(H2,24,26,27). The van der Waals surface area contributed by atoms with Gasteiger partial charge in [0.1, 0.15) is 0 Å². The van der Waals surface area contributed by atoms with Crippen LogP contribution in [0.3, 0.4) is 0 Å². The number of piperidine rings is 1. The second-order valence-corrected chi connectivity index (χ2v) is 9.53. The highest BCUT2D eigenvalue weighted by atomic mass is 16.5. The van der Waals surface area contributed by atoms with Crippen molar-refractivity contribution < 1.29 is 4.74 Å². The second-order valence-electron chi connectivity index (χ2n) is 9.53. The quantitative estimate of drug-likeness (QED) is 0.587. The molecule has 0 aromatic carbocycles. The number of ether oxygens (including phenoxy) is 1. The summed E-state index contributed by atoms with van der Waals surface area (Å²) in [6.45, 7) is 11.8. The van der Waals surface area contributed by atoms with Gasteiger partial charge in [0.25, 0.3) is 0 Å². The average Bonchev–Trinajstić information content (AvgIpc) is 2.72. The number of guanidine groups is 1. The second kappa shape index (κ2) is 10.4. The molecule has 2 fully saturated rings. The molecule has 2 aliphatic heterocycles. The van der Waals surface area contributed by atoms with Gasteiger partial charge in [-0.2, -0.15) is 0 Å². The molecule has 0 aliphatic carbocycles. The van der Waals surface area contributed by atoms with Gasteiger partial charge in [0.15, 0.2) is 5.96 Å². The zero-order valence-electron chi connectivity index (χ0n) is 18.7. The van der Waals surface area contributed by atoms with Crippen molar-refractivity contribution in [2.75, 3.05) is 33.3 Å². The van der Waals surface area contributed by atoms with Gasteiger partial charge in [-0.15, -0.1) is 0 Å². The number of hydrogen-bond donors (Lipinski definition) is 2. The first-order valence-corrected chi connectivity index (χ1v) is 11.2. The minimum Gasteiger partial charge on any atom is -0.377 e. The van der Waals surface area contributed by atoms with Crippen LogP contribution in [0.1, 0.15) is 52.1 Å². The highest BCUT2D eigenvalue weighted by Gasteiger charge is 2.35. The predicted molar refractivity (Wildman–Crippen MR) is 119 cm³/mol. The number of rotatable bonds is 5. The van der Waals surface area contributed by atoms with E-state index in [1.165, 1.54) is 6.42 Å². The van der Waals surface area contributed by atoms with E-state index >= 15 is 0 Å². The fourth-order valence-corrected chi connectivity index (χ4v) is 4.58. The van der Waals surface area contributed by atoms with Crippen LogP contribution in [0.2, 0.25) is 0 Å². The first-order valence-electron chi connectivity index (χ1n) is 11.2. The number of likely N-dealkylation sites (tertiary alicyclic amines) is 1. The summed E-state index contributed by atoms with van der Waals surface area (Å²) in [5.41, 5.74) is 1.32. The highest BCUT2D eigenvalue weighted by molar-refractivity contribution is 5.79. The molecule has 3 heterocycles. The summed E-state index contributed by atoms with van der Waals surface area (Å²) >= 11 is 0. The van der Waals surface area contributed by atoms with E-state index in [1.54, 1.807) is 0 Å². The van der Waals surface area contributed by atoms with Crippen LogP contribution in [0, 0.1) is 11.3 Å². The third kappa shape index (κ3) is 6.68. The molecule has 2 N–H and O–H groups in total. The van der Waals surface area contributed by atoms with E-state index in [1.807, 2.05) is 19.3 Å². The van der Waals surface area contributed by atoms with Gasteiger partial charge >= 0.3 is 0 Å². The molecular weight excluding hydrogens is 362 g/mol. The lowest BCUT2D eigenvalue weighted by Gasteiger charge is -2.40. The summed E-state index contributed by atoms with van der Waals surface area (Å²) in [4.78, 5) is 11.4. The molecule has 162 valence electrons. The van der Waals surface area contributed by atoms with Crippen molar-refractivity contribution in [2.24, 2.45) is 16.3 Å². The molecule has 0 spiro atoms. The molecule has 0 saturated carbocycles. The van der Waals surface area contributed by atoms with E-state index < -0.39 is 0 Å². The molecule has 1 aromatic rings. The van der Waals surface area contributed by atoms with Crippen LogP contribution in [0.25, 0.3) is 0 Å². The fourth-order valence-electron chi connectivity index (χ4n) is 4.58. The normalized spacial score (nSPS) is 25.0. The van der Waals surface area contributed by atoms with Crippen molar-refractivity contribution in [3.8, 4) is 0 Å². The lowest BCUT2D eigenvalue weighted by molar-refractivity contribution is -0.0835. The Bertz CT molecular complexity index is 634. The molecule has 6 heteroatoms. The van der Waals surface area contributed by atoms with Crippen LogP contribution >= 0.6 is 0 Å². The van der Waals surface area contributed by atoms with Crippen LogP contribution in [0.4, 0.5) is 0 Å². The van der Waals surface area contributed by atoms with Crippen molar-refractivity contribution in [3.63, 3.8) is 0 Å². The Morgan fingerprint density at radius 1 is 1.24 bits per heavy atom. The molecule has 2 aliphatic rings. The smallest absolute Gasteiger partial charge is 0.191 e. The van der Waals surface area contributed by atoms with Crippen molar-refractivity contribution in [2.45, 2.75) is 65.1 Å². The van der Waals surface area contributed by atoms with Gasteiger partial charge in [0.05, 0.1) is 11.8 Å². The van der Waals surface area contributed by atoms with E-state index in [0.29, 0.717) is 18.1 Å². The Labute approximate surface area is 176 Å². The lowest BCUT2D eigenvalue weighted by atomic mass is 9.78. The van der Waals surface area contributed by atoms with Crippen molar-refractivity contribution in [1.82, 2.24) is 20.5 Å². The molecule has 29 heavy (non-hydrogen) atoms. The lowest BCUT2D eigenvalue weighted by Crippen LogP contribution is -2.51. The van der Waals surface area contributed by atoms with Gasteiger partial charge in [0.2, 0.25) is 0 Å². The summed E-state index contributed by atoms with van der Waals surface area (Å²) in [5, 5.41) is 7.21. The summed E-state index contributed by atoms with van der Waals surface area (Å²) in [7, 11) is 1.87. The zero-order chi connectivity index (χ0) is 20.7. The monoisotopic (exact) mass is 401 g/mol. The average molecular weight is 402 g/mol. The van der Waals surface area contributed by atoms with Gasteiger partial charge in [0, 0.05) is 58.0 Å². The third-order valence-corrected chi connectivity index (χ3v) is 6.09. The van der Waals surface area contributed by atoms with E-state index in [9.17, 15) is 0 Å². The molecule has 2 saturated heterocycles. The molecule has 6 nitrogen and oxygen atoms in total. The van der Waals surface area contributed by atoms with Gasteiger partial charge in [-0.3, -0.25) is 14.9 Å². The van der Waals surface area contributed by atoms with E-state index in [2.05, 4.69) is 58.4 Å². The first kappa shape index (κ1) is 22.0. The summed E-state index contributed by atoms with van der Waals surface area (Å²) in [6, 6.07) is 6.62. The van der Waals surface area contributed by atoms with Crippen molar-refractivity contribution >= 4 is 5.96 Å². The van der Waals surface area contributed by atoms with Crippen LogP contribution < -0.4 is 10.6 Å². The fraction of sp³-hybridized carbons (Fsp3) is 0.739. The van der Waals surface area contributed by atoms with E-state index in [0.717, 1.165) is 63.7 Å². The minimum atomic E-state index is 0.171. The van der Waals surface area contributed by atoms with Crippen LogP contribution in [-0.2, 0) is 11.3 Å². The van der Waals surface area contributed by atoms with Crippen LogP contribution in [0.5, 0.6) is 0 Å². The highest BCUT2D eigenvalue weighted by Crippen LogP contribution is 2.33. The SMILES string of the molecule is CN=C(NCC1CCCOC1C(C)(C)C)NC1CCN(Cc2ccccn2)CC1. The van der Waals surface area contributed by atoms with Crippen LogP contribution in [-0.4, -0.2) is 61.3 Å². The molecule has 0 radical (unpaired) electrons. The molecule has 2 unspecified atom stereocenters. The maximum absolute atomic E-state index is 6.12. The Morgan fingerprint density at radius 2 is 2.03 bits per heavy atom. The van der Waals surface area contributed by atoms with Gasteiger partial charge in [-0.25, -0.2) is 0 Å². The Kier molecular flexibility index (Phi) is 7.90. The Morgan fingerprint density at radius 3 is 2.69 bits per heavy atom. The summed E-state index contributed by atoms with van der Waals surface area (Å²) in [6.07, 6.45) is 6.81. The summed E-state index contributed by atoms with van der Waals surface area (Å²) in [5.74, 6) is 1.45. The maximum atomic E-state index is 6.12. The molecular formula is C23H39N5O. The summed E-state index contributed by atoms with van der Waals surface area (Å²) < 4.78 is 6.12. The predicted octanol–water partition coefficient (Wildman–Crippen LogP) is 3.05. The zero-order valence-corrected chi connectivity index (χ0v) is 18.7. The van der Waals surface area contributed by atoms with E-state index in [-0.39, 0.29) is 5.41 Å². The van der Waals surface area contributed by atoms with Crippen molar-refractivity contribution in [3.05, 3.63) is 30.1 Å². The topological polar surface area (TPSA) is 61.8 Å². The molecule has 3 rings (SSSR count). The Hall–Kier alpha value is -1.66. The van der Waals surface area contributed by atoms with E-state index in [4.69, 9.17) is 4.74 Å².